The van der Waals surface area contributed by atoms with Gasteiger partial charge in [0, 0.05) is 8.95 Å². The molecule has 0 saturated carbocycles. The highest BCUT2D eigenvalue weighted by molar-refractivity contribution is 9.11. The molecule has 0 saturated heterocycles. The summed E-state index contributed by atoms with van der Waals surface area (Å²) < 4.78 is 1.81. The van der Waals surface area contributed by atoms with Crippen molar-refractivity contribution in [2.24, 2.45) is 5.84 Å². The van der Waals surface area contributed by atoms with Gasteiger partial charge in [-0.25, -0.2) is 5.84 Å². The molecule has 2 heterocycles. The van der Waals surface area contributed by atoms with E-state index < -0.39 is 0 Å². The number of nitrogens with two attached hydrogens (primary N) is 1. The molecule has 2 aromatic heterocycles. The van der Waals surface area contributed by atoms with Crippen LogP contribution in [0.25, 0.3) is 11.0 Å². The zero-order valence-electron chi connectivity index (χ0n) is 9.98. The minimum absolute atomic E-state index is 0.299. The number of hydrogen-bond acceptors (Lipinski definition) is 6. The Balaban J connectivity index is 2.12. The number of nitrogen functional groups attached to an aromatic ring is 1. The van der Waals surface area contributed by atoms with E-state index in [9.17, 15) is 0 Å². The molecule has 0 aliphatic carbocycles. The Bertz CT molecular complexity index is 750. The Labute approximate surface area is 130 Å². The van der Waals surface area contributed by atoms with Crippen molar-refractivity contribution in [1.29, 1.82) is 0 Å². The number of fused-ring (bicyclic) bond motifs is 1. The number of halogens is 2. The zero-order chi connectivity index (χ0) is 14.1. The molecule has 20 heavy (non-hydrogen) atoms. The summed E-state index contributed by atoms with van der Waals surface area (Å²) in [6.07, 6.45) is 1.66. The van der Waals surface area contributed by atoms with Crippen LogP contribution in [-0.2, 0) is 0 Å². The second-order valence-electron chi connectivity index (χ2n) is 3.89. The lowest BCUT2D eigenvalue weighted by atomic mass is 10.3. The molecule has 3 rings (SSSR count). The standard InChI is InChI=1S/C11H9Br2N7/c12-6-2-1-3-7(13)8(6)16-9-5-4-15-20-10(5)18-11(17-9)19-14/h1-4H,14H2,(H3,15,16,17,18,19,20). The first-order valence-electron chi connectivity index (χ1n) is 5.58. The van der Waals surface area contributed by atoms with Crippen molar-refractivity contribution < 1.29 is 0 Å². The highest BCUT2D eigenvalue weighted by atomic mass is 79.9. The van der Waals surface area contributed by atoms with Crippen LogP contribution >= 0.6 is 31.9 Å². The topological polar surface area (TPSA) is 105 Å². The maximum absolute atomic E-state index is 5.38. The van der Waals surface area contributed by atoms with Crippen molar-refractivity contribution in [3.8, 4) is 0 Å². The van der Waals surface area contributed by atoms with Gasteiger partial charge in [0.05, 0.1) is 17.3 Å². The fraction of sp³-hybridized carbons (Fsp3) is 0. The summed E-state index contributed by atoms with van der Waals surface area (Å²) in [4.78, 5) is 8.48. The molecule has 0 unspecified atom stereocenters. The van der Waals surface area contributed by atoms with Crippen LogP contribution in [0, 0.1) is 0 Å². The lowest BCUT2D eigenvalue weighted by Gasteiger charge is -2.11. The third kappa shape index (κ3) is 2.35. The summed E-state index contributed by atoms with van der Waals surface area (Å²) in [6, 6.07) is 5.80. The SMILES string of the molecule is NNc1nc(Nc2c(Br)cccc2Br)c2cn[nH]c2n1. The van der Waals surface area contributed by atoms with Crippen molar-refractivity contribution in [2.75, 3.05) is 10.7 Å². The van der Waals surface area contributed by atoms with Gasteiger partial charge in [0.15, 0.2) is 5.65 Å². The van der Waals surface area contributed by atoms with Gasteiger partial charge >= 0.3 is 0 Å². The molecule has 1 aromatic carbocycles. The lowest BCUT2D eigenvalue weighted by molar-refractivity contribution is 1.08. The number of nitrogens with one attached hydrogen (secondary N) is 3. The van der Waals surface area contributed by atoms with E-state index in [2.05, 4.69) is 62.8 Å². The van der Waals surface area contributed by atoms with Gasteiger partial charge < -0.3 is 5.32 Å². The zero-order valence-corrected chi connectivity index (χ0v) is 13.2. The summed E-state index contributed by atoms with van der Waals surface area (Å²) in [6.45, 7) is 0. The van der Waals surface area contributed by atoms with Gasteiger partial charge in [-0.1, -0.05) is 6.07 Å². The molecule has 0 aliphatic heterocycles. The molecule has 0 fully saturated rings. The van der Waals surface area contributed by atoms with Crippen LogP contribution < -0.4 is 16.6 Å². The molecule has 3 aromatic rings. The number of hydrazine groups is 1. The van der Waals surface area contributed by atoms with Gasteiger partial charge in [0.1, 0.15) is 5.82 Å². The van der Waals surface area contributed by atoms with Crippen molar-refractivity contribution in [1.82, 2.24) is 20.2 Å². The van der Waals surface area contributed by atoms with Crippen molar-refractivity contribution in [2.45, 2.75) is 0 Å². The normalized spacial score (nSPS) is 10.8. The fourth-order valence-electron chi connectivity index (χ4n) is 1.73. The molecule has 0 radical (unpaired) electrons. The molecular weight excluding hydrogens is 390 g/mol. The summed E-state index contributed by atoms with van der Waals surface area (Å²) in [7, 11) is 0. The Hall–Kier alpha value is -1.71. The Morgan fingerprint density at radius 2 is 1.90 bits per heavy atom. The number of aromatic nitrogens is 4. The minimum atomic E-state index is 0.299. The van der Waals surface area contributed by atoms with Gasteiger partial charge in [-0.3, -0.25) is 10.5 Å². The van der Waals surface area contributed by atoms with Crippen LogP contribution in [0.5, 0.6) is 0 Å². The molecule has 0 amide bonds. The quantitative estimate of drug-likeness (QED) is 0.399. The third-order valence-electron chi connectivity index (χ3n) is 2.65. The molecular formula is C11H9Br2N7. The van der Waals surface area contributed by atoms with Crippen LogP contribution in [0.3, 0.4) is 0 Å². The Morgan fingerprint density at radius 3 is 2.60 bits per heavy atom. The number of benzene rings is 1. The fourth-order valence-corrected chi connectivity index (χ4v) is 2.93. The van der Waals surface area contributed by atoms with E-state index >= 15 is 0 Å². The highest BCUT2D eigenvalue weighted by Crippen LogP contribution is 2.34. The molecule has 5 N–H and O–H groups in total. The first kappa shape index (κ1) is 13.3. The van der Waals surface area contributed by atoms with Gasteiger partial charge in [0.2, 0.25) is 5.95 Å². The van der Waals surface area contributed by atoms with E-state index in [1.54, 1.807) is 6.20 Å². The number of anilines is 3. The molecule has 0 bridgehead atoms. The van der Waals surface area contributed by atoms with Crippen LogP contribution in [0.15, 0.2) is 33.3 Å². The number of nitrogens with zero attached hydrogens (tertiary/aromatic N) is 3. The number of para-hydroxylation sites is 1. The van der Waals surface area contributed by atoms with E-state index in [1.165, 1.54) is 0 Å². The summed E-state index contributed by atoms with van der Waals surface area (Å²) in [5.41, 5.74) is 3.88. The van der Waals surface area contributed by atoms with Gasteiger partial charge in [-0.05, 0) is 44.0 Å². The Morgan fingerprint density at radius 1 is 1.15 bits per heavy atom. The van der Waals surface area contributed by atoms with E-state index in [0.29, 0.717) is 17.4 Å². The van der Waals surface area contributed by atoms with Crippen LogP contribution in [0.4, 0.5) is 17.5 Å². The van der Waals surface area contributed by atoms with Crippen molar-refractivity contribution in [3.05, 3.63) is 33.3 Å². The smallest absolute Gasteiger partial charge is 0.241 e. The number of hydrogen-bond donors (Lipinski definition) is 4. The molecule has 0 aliphatic rings. The average molecular weight is 399 g/mol. The highest BCUT2D eigenvalue weighted by Gasteiger charge is 2.12. The van der Waals surface area contributed by atoms with Crippen molar-refractivity contribution >= 4 is 60.3 Å². The third-order valence-corrected chi connectivity index (χ3v) is 3.97. The van der Waals surface area contributed by atoms with Gasteiger partial charge in [-0.15, -0.1) is 0 Å². The molecule has 0 atom stereocenters. The summed E-state index contributed by atoms with van der Waals surface area (Å²) >= 11 is 6.99. The van der Waals surface area contributed by atoms with Crippen LogP contribution in [0.2, 0.25) is 0 Å². The lowest BCUT2D eigenvalue weighted by Crippen LogP contribution is -2.11. The number of H-pyrrole nitrogens is 1. The second kappa shape index (κ2) is 5.35. The van der Waals surface area contributed by atoms with E-state index in [-0.39, 0.29) is 0 Å². The van der Waals surface area contributed by atoms with E-state index in [0.717, 1.165) is 20.0 Å². The molecule has 0 spiro atoms. The number of rotatable bonds is 3. The summed E-state index contributed by atoms with van der Waals surface area (Å²) in [5, 5.41) is 10.8. The monoisotopic (exact) mass is 397 g/mol. The maximum Gasteiger partial charge on any atom is 0.241 e. The van der Waals surface area contributed by atoms with Crippen molar-refractivity contribution in [3.63, 3.8) is 0 Å². The van der Waals surface area contributed by atoms with Crippen LogP contribution in [0.1, 0.15) is 0 Å². The minimum Gasteiger partial charge on any atom is -0.338 e. The van der Waals surface area contributed by atoms with E-state index in [4.69, 9.17) is 5.84 Å². The maximum atomic E-state index is 5.38. The molecule has 7 nitrogen and oxygen atoms in total. The van der Waals surface area contributed by atoms with Gasteiger partial charge in [-0.2, -0.15) is 15.1 Å². The summed E-state index contributed by atoms with van der Waals surface area (Å²) in [5.74, 6) is 6.28. The average Bonchev–Trinajstić information content (AvgIpc) is 2.91. The van der Waals surface area contributed by atoms with E-state index in [1.807, 2.05) is 18.2 Å². The predicted molar refractivity (Wildman–Crippen MR) is 84.6 cm³/mol. The van der Waals surface area contributed by atoms with Gasteiger partial charge in [0.25, 0.3) is 0 Å². The second-order valence-corrected chi connectivity index (χ2v) is 5.60. The molecule has 102 valence electrons. The first-order chi connectivity index (χ1) is 9.69. The predicted octanol–water partition coefficient (Wildman–Crippen LogP) is 2.91. The Kier molecular flexibility index (Phi) is 3.55. The largest absolute Gasteiger partial charge is 0.338 e. The first-order valence-corrected chi connectivity index (χ1v) is 7.16. The van der Waals surface area contributed by atoms with Crippen LogP contribution in [-0.4, -0.2) is 20.2 Å². The molecule has 9 heteroatoms. The number of aromatic amines is 1.